The van der Waals surface area contributed by atoms with Crippen LogP contribution in [0, 0.1) is 10.1 Å². The van der Waals surface area contributed by atoms with Crippen molar-refractivity contribution in [3.05, 3.63) is 52.6 Å². The van der Waals surface area contributed by atoms with E-state index in [1.54, 1.807) is 18.2 Å². The Hall–Kier alpha value is -2.41. The topological polar surface area (TPSA) is 103 Å². The van der Waals surface area contributed by atoms with Gasteiger partial charge in [-0.2, -0.15) is 0 Å². The van der Waals surface area contributed by atoms with Gasteiger partial charge in [-0.25, -0.2) is 8.42 Å². The van der Waals surface area contributed by atoms with Crippen molar-refractivity contribution >= 4 is 21.2 Å². The van der Waals surface area contributed by atoms with Crippen LogP contribution in [0.3, 0.4) is 0 Å². The highest BCUT2D eigenvalue weighted by Crippen LogP contribution is 2.33. The number of sulfone groups is 1. The molecule has 0 amide bonds. The average Bonchev–Trinajstić information content (AvgIpc) is 2.38. The standard InChI is InChI=1S/C13H12N2O4S/c1-20(18,19)10-7-5-9(6-8-10)11-3-2-4-12(13(11)14)15(16)17/h2-8H,14H2,1H3. The maximum atomic E-state index is 11.4. The SMILES string of the molecule is CS(=O)(=O)c1ccc(-c2cccc([N+](=O)[O-])c2N)cc1. The highest BCUT2D eigenvalue weighted by atomic mass is 32.2. The zero-order chi connectivity index (χ0) is 14.9. The van der Waals surface area contributed by atoms with E-state index in [0.29, 0.717) is 11.1 Å². The number of benzene rings is 2. The lowest BCUT2D eigenvalue weighted by Crippen LogP contribution is -1.99. The van der Waals surface area contributed by atoms with Crippen molar-refractivity contribution in [2.24, 2.45) is 0 Å². The summed E-state index contributed by atoms with van der Waals surface area (Å²) in [5, 5.41) is 10.8. The second-order valence-corrected chi connectivity index (χ2v) is 6.31. The van der Waals surface area contributed by atoms with Crippen molar-refractivity contribution in [3.8, 4) is 11.1 Å². The lowest BCUT2D eigenvalue weighted by Gasteiger charge is -2.07. The third-order valence-corrected chi connectivity index (χ3v) is 4.00. The van der Waals surface area contributed by atoms with Crippen LogP contribution in [0.25, 0.3) is 11.1 Å². The molecule has 2 aromatic carbocycles. The largest absolute Gasteiger partial charge is 0.393 e. The number of nitrogen functional groups attached to an aromatic ring is 1. The Kier molecular flexibility index (Phi) is 3.46. The summed E-state index contributed by atoms with van der Waals surface area (Å²) in [4.78, 5) is 10.5. The summed E-state index contributed by atoms with van der Waals surface area (Å²) in [6, 6.07) is 10.6. The van der Waals surface area contributed by atoms with Crippen LogP contribution in [0.5, 0.6) is 0 Å². The van der Waals surface area contributed by atoms with Gasteiger partial charge in [0, 0.05) is 17.9 Å². The second-order valence-electron chi connectivity index (χ2n) is 4.29. The summed E-state index contributed by atoms with van der Waals surface area (Å²) in [6.45, 7) is 0. The molecule has 0 aliphatic heterocycles. The second kappa shape index (κ2) is 4.93. The maximum Gasteiger partial charge on any atom is 0.292 e. The molecule has 2 aromatic rings. The van der Waals surface area contributed by atoms with Crippen molar-refractivity contribution in [3.63, 3.8) is 0 Å². The van der Waals surface area contributed by atoms with Crippen molar-refractivity contribution < 1.29 is 13.3 Å². The van der Waals surface area contributed by atoms with E-state index in [2.05, 4.69) is 0 Å². The highest BCUT2D eigenvalue weighted by molar-refractivity contribution is 7.90. The Morgan fingerprint density at radius 1 is 1.10 bits per heavy atom. The van der Waals surface area contributed by atoms with Crippen molar-refractivity contribution in [2.45, 2.75) is 4.90 Å². The smallest absolute Gasteiger partial charge is 0.292 e. The van der Waals surface area contributed by atoms with E-state index in [4.69, 9.17) is 5.73 Å². The summed E-state index contributed by atoms with van der Waals surface area (Å²) in [5.41, 5.74) is 6.79. The molecule has 0 saturated heterocycles. The van der Waals surface area contributed by atoms with Crippen molar-refractivity contribution in [1.82, 2.24) is 0 Å². The molecule has 7 heteroatoms. The van der Waals surface area contributed by atoms with E-state index < -0.39 is 14.8 Å². The molecule has 0 aromatic heterocycles. The molecule has 0 bridgehead atoms. The van der Waals surface area contributed by atoms with Gasteiger partial charge in [0.05, 0.1) is 9.82 Å². The summed E-state index contributed by atoms with van der Waals surface area (Å²) >= 11 is 0. The van der Waals surface area contributed by atoms with Crippen LogP contribution in [0.1, 0.15) is 0 Å². The maximum absolute atomic E-state index is 11.4. The highest BCUT2D eigenvalue weighted by Gasteiger charge is 2.15. The first-order valence-electron chi connectivity index (χ1n) is 5.64. The molecule has 0 radical (unpaired) electrons. The summed E-state index contributed by atoms with van der Waals surface area (Å²) < 4.78 is 22.8. The fraction of sp³-hybridized carbons (Fsp3) is 0.0769. The molecule has 0 atom stereocenters. The molecule has 0 heterocycles. The Morgan fingerprint density at radius 2 is 1.70 bits per heavy atom. The third kappa shape index (κ3) is 2.62. The van der Waals surface area contributed by atoms with E-state index in [9.17, 15) is 18.5 Å². The quantitative estimate of drug-likeness (QED) is 0.531. The first-order valence-corrected chi connectivity index (χ1v) is 7.53. The number of hydrogen-bond acceptors (Lipinski definition) is 5. The minimum absolute atomic E-state index is 0.0598. The molecule has 104 valence electrons. The number of para-hydroxylation sites is 1. The van der Waals surface area contributed by atoms with Crippen LogP contribution in [-0.4, -0.2) is 19.6 Å². The predicted molar refractivity (Wildman–Crippen MR) is 76.1 cm³/mol. The molecule has 0 spiro atoms. The number of rotatable bonds is 3. The molecular weight excluding hydrogens is 280 g/mol. The summed E-state index contributed by atoms with van der Waals surface area (Å²) in [7, 11) is -3.27. The molecule has 0 saturated carbocycles. The molecule has 2 N–H and O–H groups in total. The number of hydrogen-bond donors (Lipinski definition) is 1. The third-order valence-electron chi connectivity index (χ3n) is 2.87. The van der Waals surface area contributed by atoms with Gasteiger partial charge in [0.2, 0.25) is 0 Å². The molecular formula is C13H12N2O4S. The van der Waals surface area contributed by atoms with Gasteiger partial charge < -0.3 is 5.73 Å². The van der Waals surface area contributed by atoms with E-state index in [1.165, 1.54) is 24.3 Å². The van der Waals surface area contributed by atoms with Crippen molar-refractivity contribution in [1.29, 1.82) is 0 Å². The molecule has 6 nitrogen and oxygen atoms in total. The van der Waals surface area contributed by atoms with Crippen LogP contribution >= 0.6 is 0 Å². The normalized spacial score (nSPS) is 11.2. The van der Waals surface area contributed by atoms with E-state index in [-0.39, 0.29) is 16.3 Å². The first-order chi connectivity index (χ1) is 9.30. The van der Waals surface area contributed by atoms with Gasteiger partial charge in [-0.1, -0.05) is 24.3 Å². The zero-order valence-electron chi connectivity index (χ0n) is 10.6. The Labute approximate surface area is 115 Å². The fourth-order valence-electron chi connectivity index (χ4n) is 1.85. The summed E-state index contributed by atoms with van der Waals surface area (Å²) in [5.74, 6) is 0. The predicted octanol–water partition coefficient (Wildman–Crippen LogP) is 2.25. The molecule has 0 aliphatic rings. The molecule has 0 unspecified atom stereocenters. The number of anilines is 1. The van der Waals surface area contributed by atoms with Gasteiger partial charge in [0.25, 0.3) is 5.69 Å². The molecule has 0 aliphatic carbocycles. The minimum atomic E-state index is -3.27. The van der Waals surface area contributed by atoms with Crippen LogP contribution in [0.2, 0.25) is 0 Å². The van der Waals surface area contributed by atoms with Gasteiger partial charge in [0.1, 0.15) is 5.69 Å². The first kappa shape index (κ1) is 14.0. The lowest BCUT2D eigenvalue weighted by atomic mass is 10.0. The van der Waals surface area contributed by atoms with Crippen LogP contribution in [0.15, 0.2) is 47.4 Å². The molecule has 20 heavy (non-hydrogen) atoms. The zero-order valence-corrected chi connectivity index (χ0v) is 11.4. The minimum Gasteiger partial charge on any atom is -0.393 e. The van der Waals surface area contributed by atoms with Crippen LogP contribution in [-0.2, 0) is 9.84 Å². The Bertz CT molecular complexity index is 767. The van der Waals surface area contributed by atoms with E-state index in [0.717, 1.165) is 6.26 Å². The molecule has 2 rings (SSSR count). The van der Waals surface area contributed by atoms with E-state index in [1.807, 2.05) is 0 Å². The molecule has 0 fully saturated rings. The number of nitro benzene ring substituents is 1. The number of nitro groups is 1. The Morgan fingerprint density at radius 3 is 2.20 bits per heavy atom. The van der Waals surface area contributed by atoms with Gasteiger partial charge in [-0.05, 0) is 17.7 Å². The number of nitrogens with zero attached hydrogens (tertiary/aromatic N) is 1. The monoisotopic (exact) mass is 292 g/mol. The van der Waals surface area contributed by atoms with Gasteiger partial charge in [-0.3, -0.25) is 10.1 Å². The van der Waals surface area contributed by atoms with Crippen LogP contribution in [0.4, 0.5) is 11.4 Å². The van der Waals surface area contributed by atoms with E-state index >= 15 is 0 Å². The van der Waals surface area contributed by atoms with Crippen LogP contribution < -0.4 is 5.73 Å². The summed E-state index contributed by atoms with van der Waals surface area (Å²) in [6.07, 6.45) is 1.11. The Balaban J connectivity index is 2.53. The average molecular weight is 292 g/mol. The van der Waals surface area contributed by atoms with Gasteiger partial charge in [-0.15, -0.1) is 0 Å². The number of nitrogens with two attached hydrogens (primary N) is 1. The van der Waals surface area contributed by atoms with Gasteiger partial charge >= 0.3 is 0 Å². The lowest BCUT2D eigenvalue weighted by molar-refractivity contribution is -0.383. The fourth-order valence-corrected chi connectivity index (χ4v) is 2.48. The van der Waals surface area contributed by atoms with Gasteiger partial charge in [0.15, 0.2) is 9.84 Å². The van der Waals surface area contributed by atoms with Crippen molar-refractivity contribution in [2.75, 3.05) is 12.0 Å².